The second-order valence-corrected chi connectivity index (χ2v) is 16.2. The molecule has 8 aromatic carbocycles. The van der Waals surface area contributed by atoms with Crippen LogP contribution >= 0.6 is 0 Å². The average Bonchev–Trinajstić information content (AvgIpc) is 3.35. The summed E-state index contributed by atoms with van der Waals surface area (Å²) in [5, 5.41) is 17.1. The number of aliphatic imine (C=N–C) groups is 4. The van der Waals surface area contributed by atoms with Gasteiger partial charge in [0.2, 0.25) is 0 Å². The van der Waals surface area contributed by atoms with Gasteiger partial charge in [-0.05, 0) is 101 Å². The minimum Gasteiger partial charge on any atom is -0.443 e. The normalized spacial score (nSPS) is 10.4. The molecule has 8 aromatic rings. The number of benzene rings is 8. The van der Waals surface area contributed by atoms with Crippen molar-refractivity contribution in [3.05, 3.63) is 260 Å². The summed E-state index contributed by atoms with van der Waals surface area (Å²) in [6.07, 6.45) is 6.37. The molecule has 8 nitrogen and oxygen atoms in total. The Morgan fingerprint density at radius 1 is 0.214 bits per heavy atom. The summed E-state index contributed by atoms with van der Waals surface area (Å²) in [5.41, 5.74) is 17.3. The summed E-state index contributed by atoms with van der Waals surface area (Å²) < 4.78 is 0. The van der Waals surface area contributed by atoms with Crippen molar-refractivity contribution in [2.45, 2.75) is 55.4 Å². The molecular formula is C60H60Mo2N8. The van der Waals surface area contributed by atoms with Gasteiger partial charge in [-0.15, -0.1) is 0 Å². The average molecular weight is 1090 g/mol. The molecule has 70 heavy (non-hydrogen) atoms. The maximum atomic E-state index is 4.27. The van der Waals surface area contributed by atoms with Crippen molar-refractivity contribution in [3.63, 3.8) is 0 Å². The van der Waals surface area contributed by atoms with Crippen LogP contribution in [0.3, 0.4) is 0 Å². The van der Waals surface area contributed by atoms with E-state index in [1.807, 2.05) is 194 Å². The third kappa shape index (κ3) is 23.4. The van der Waals surface area contributed by atoms with Gasteiger partial charge in [-0.2, -0.15) is 0 Å². The van der Waals surface area contributed by atoms with Crippen LogP contribution in [0.4, 0.5) is 45.5 Å². The summed E-state index contributed by atoms with van der Waals surface area (Å²) in [6, 6.07) is 64.4. The molecule has 0 saturated carbocycles. The molecule has 0 bridgehead atoms. The van der Waals surface area contributed by atoms with Crippen molar-refractivity contribution in [3.8, 4) is 0 Å². The smallest absolute Gasteiger partial charge is 0.443 e. The molecule has 0 amide bonds. The molecule has 0 unspecified atom stereocenters. The minimum atomic E-state index is 0. The fourth-order valence-electron chi connectivity index (χ4n) is 5.70. The van der Waals surface area contributed by atoms with Crippen LogP contribution in [0.5, 0.6) is 0 Å². The summed E-state index contributed by atoms with van der Waals surface area (Å²) in [4.78, 5) is 17.1. The van der Waals surface area contributed by atoms with E-state index < -0.39 is 0 Å². The van der Waals surface area contributed by atoms with Crippen molar-refractivity contribution in [2.24, 2.45) is 20.0 Å². The van der Waals surface area contributed by atoms with E-state index in [4.69, 9.17) is 0 Å². The van der Waals surface area contributed by atoms with Crippen molar-refractivity contribution in [2.75, 3.05) is 0 Å². The quantitative estimate of drug-likeness (QED) is 0.0660. The molecular weight excluding hydrogens is 1020 g/mol. The first-order valence-corrected chi connectivity index (χ1v) is 22.4. The molecule has 0 fully saturated rings. The van der Waals surface area contributed by atoms with E-state index in [9.17, 15) is 0 Å². The van der Waals surface area contributed by atoms with Gasteiger partial charge in [0, 0.05) is 0 Å². The Morgan fingerprint density at radius 3 is 0.486 bits per heavy atom. The van der Waals surface area contributed by atoms with E-state index in [0.717, 1.165) is 45.5 Å². The van der Waals surface area contributed by atoms with Gasteiger partial charge >= 0.3 is 42.1 Å². The molecule has 0 saturated heterocycles. The molecule has 0 N–H and O–H groups in total. The van der Waals surface area contributed by atoms with E-state index >= 15 is 0 Å². The zero-order valence-corrected chi connectivity index (χ0v) is 45.2. The van der Waals surface area contributed by atoms with E-state index in [1.165, 1.54) is 44.5 Å². The number of nitrogens with zero attached hydrogens (tertiary/aromatic N) is 8. The Labute approximate surface area is 445 Å². The molecule has 0 aliphatic rings. The maximum absolute atomic E-state index is 4.27. The number of hydrogen-bond acceptors (Lipinski definition) is 4. The molecule has 352 valence electrons. The van der Waals surface area contributed by atoms with E-state index in [1.54, 1.807) is 25.4 Å². The number of hydrogen-bond donors (Lipinski definition) is 0. The Hall–Kier alpha value is -6.98. The van der Waals surface area contributed by atoms with Crippen LogP contribution in [-0.4, -0.2) is 25.4 Å². The van der Waals surface area contributed by atoms with Gasteiger partial charge in [0.1, 0.15) is 0 Å². The maximum Gasteiger partial charge on any atom is 2.00 e. The van der Waals surface area contributed by atoms with Crippen molar-refractivity contribution < 1.29 is 42.1 Å². The summed E-state index contributed by atoms with van der Waals surface area (Å²) in [6.45, 7) is 16.5. The Kier molecular flexibility index (Phi) is 26.2. The van der Waals surface area contributed by atoms with Crippen LogP contribution in [-0.2, 0) is 42.1 Å². The molecule has 0 atom stereocenters. The van der Waals surface area contributed by atoms with Crippen molar-refractivity contribution in [1.29, 1.82) is 0 Å². The second-order valence-electron chi connectivity index (χ2n) is 16.2. The zero-order valence-electron chi connectivity index (χ0n) is 41.2. The third-order valence-electron chi connectivity index (χ3n) is 9.93. The predicted molar refractivity (Wildman–Crippen MR) is 294 cm³/mol. The van der Waals surface area contributed by atoms with Crippen molar-refractivity contribution >= 4 is 70.9 Å². The number of rotatable bonds is 12. The second kappa shape index (κ2) is 31.9. The molecule has 10 heteroatoms. The molecule has 0 aliphatic carbocycles. The summed E-state index contributed by atoms with van der Waals surface area (Å²) in [7, 11) is 0. The van der Waals surface area contributed by atoms with Crippen LogP contribution < -0.4 is 0 Å². The standard InChI is InChI=1S/4C15H15N2.2Mo/c4*1-12-3-7-14(8-4-12)16-11-17-15-9-5-13(2)6-10-15;;/h4*3-11H,1-2H3;;/q4*-1;2*+2. The van der Waals surface area contributed by atoms with Gasteiger partial charge in [-0.1, -0.05) is 264 Å². The predicted octanol–water partition coefficient (Wildman–Crippen LogP) is 18.7. The minimum absolute atomic E-state index is 0. The van der Waals surface area contributed by atoms with E-state index in [-0.39, 0.29) is 42.1 Å². The van der Waals surface area contributed by atoms with E-state index in [0.29, 0.717) is 0 Å². The SMILES string of the molecule is Cc1ccc(N=C[N-]c2ccc(C)cc2)cc1.Cc1ccc(N=C[N-]c2ccc(C)cc2)cc1.Cc1ccc(N=C[N-]c2ccc(C)cc2)cc1.Cc1ccc(N=C[N-]c2ccc(C)cc2)cc1.[Mo+2].[Mo+2]. The Balaban J connectivity index is 0.000000245. The van der Waals surface area contributed by atoms with Crippen molar-refractivity contribution in [1.82, 2.24) is 0 Å². The fraction of sp³-hybridized carbons (Fsp3) is 0.133. The first-order chi connectivity index (χ1) is 32.9. The van der Waals surface area contributed by atoms with Crippen LogP contribution in [0.1, 0.15) is 44.5 Å². The monoisotopic (exact) mass is 1090 g/mol. The Bertz CT molecular complexity index is 2390. The summed E-state index contributed by atoms with van der Waals surface area (Å²) >= 11 is 0. The van der Waals surface area contributed by atoms with Crippen LogP contribution in [0.2, 0.25) is 0 Å². The van der Waals surface area contributed by atoms with Crippen LogP contribution in [0.15, 0.2) is 214 Å². The summed E-state index contributed by atoms with van der Waals surface area (Å²) in [5.74, 6) is 0. The van der Waals surface area contributed by atoms with Gasteiger partial charge < -0.3 is 41.2 Å². The fourth-order valence-corrected chi connectivity index (χ4v) is 5.70. The zero-order chi connectivity index (χ0) is 48.4. The van der Waals surface area contributed by atoms with Gasteiger partial charge in [-0.3, -0.25) is 0 Å². The number of aryl methyl sites for hydroxylation is 8. The first-order valence-electron chi connectivity index (χ1n) is 22.4. The van der Waals surface area contributed by atoms with Gasteiger partial charge in [0.25, 0.3) is 0 Å². The van der Waals surface area contributed by atoms with Gasteiger partial charge in [-0.25, -0.2) is 0 Å². The molecule has 8 rings (SSSR count). The third-order valence-corrected chi connectivity index (χ3v) is 9.93. The molecule has 0 aliphatic heterocycles. The topological polar surface area (TPSA) is 106 Å². The molecule has 0 heterocycles. The molecule has 0 aromatic heterocycles. The van der Waals surface area contributed by atoms with Crippen LogP contribution in [0, 0.1) is 55.4 Å². The van der Waals surface area contributed by atoms with Crippen LogP contribution in [0.25, 0.3) is 21.3 Å². The first kappa shape index (κ1) is 57.3. The molecule has 0 radical (unpaired) electrons. The van der Waals surface area contributed by atoms with Gasteiger partial charge in [0.15, 0.2) is 0 Å². The van der Waals surface area contributed by atoms with E-state index in [2.05, 4.69) is 96.6 Å². The largest absolute Gasteiger partial charge is 2.00 e. The molecule has 0 spiro atoms. The Morgan fingerprint density at radius 2 is 0.343 bits per heavy atom. The van der Waals surface area contributed by atoms with Gasteiger partial charge in [0.05, 0.1) is 0 Å².